The Morgan fingerprint density at radius 2 is 1.86 bits per heavy atom. The van der Waals surface area contributed by atoms with Crippen molar-refractivity contribution in [1.82, 2.24) is 9.78 Å². The number of nitrogens with one attached hydrogen (secondary N) is 1. The SMILES string of the molecule is CCc1ccc(NC(=O)C(C)OC(=O)CCn2ncc(=O)c3ccccc32)cc1. The van der Waals surface area contributed by atoms with Crippen molar-refractivity contribution in [3.63, 3.8) is 0 Å². The summed E-state index contributed by atoms with van der Waals surface area (Å²) < 4.78 is 6.81. The lowest BCUT2D eigenvalue weighted by atomic mass is 10.1. The lowest BCUT2D eigenvalue weighted by molar-refractivity contribution is -0.153. The van der Waals surface area contributed by atoms with Crippen LogP contribution >= 0.6 is 0 Å². The minimum absolute atomic E-state index is 0.0304. The number of esters is 1. The molecule has 3 rings (SSSR count). The molecule has 0 saturated carbocycles. The molecule has 29 heavy (non-hydrogen) atoms. The predicted molar refractivity (Wildman–Crippen MR) is 111 cm³/mol. The number of aromatic nitrogens is 2. The number of hydrogen-bond donors (Lipinski definition) is 1. The lowest BCUT2D eigenvalue weighted by Gasteiger charge is -2.14. The highest BCUT2D eigenvalue weighted by Crippen LogP contribution is 2.12. The maximum absolute atomic E-state index is 12.2. The van der Waals surface area contributed by atoms with Crippen LogP contribution in [0.5, 0.6) is 0 Å². The van der Waals surface area contributed by atoms with E-state index in [2.05, 4.69) is 17.3 Å². The third kappa shape index (κ3) is 5.07. The third-order valence-corrected chi connectivity index (χ3v) is 4.60. The molecule has 1 aromatic heterocycles. The molecular formula is C22H23N3O4. The molecule has 0 fully saturated rings. The van der Waals surface area contributed by atoms with E-state index in [1.807, 2.05) is 24.3 Å². The number of rotatable bonds is 7. The van der Waals surface area contributed by atoms with Crippen LogP contribution in [0.2, 0.25) is 0 Å². The Morgan fingerprint density at radius 3 is 2.59 bits per heavy atom. The zero-order chi connectivity index (χ0) is 20.8. The van der Waals surface area contributed by atoms with E-state index in [9.17, 15) is 14.4 Å². The quantitative estimate of drug-likeness (QED) is 0.624. The van der Waals surface area contributed by atoms with Crippen molar-refractivity contribution < 1.29 is 14.3 Å². The number of nitrogens with zero attached hydrogens (tertiary/aromatic N) is 2. The maximum atomic E-state index is 12.2. The first-order valence-corrected chi connectivity index (χ1v) is 9.52. The third-order valence-electron chi connectivity index (χ3n) is 4.60. The van der Waals surface area contributed by atoms with Crippen molar-refractivity contribution in [3.05, 3.63) is 70.5 Å². The van der Waals surface area contributed by atoms with Crippen LogP contribution in [0, 0.1) is 0 Å². The largest absolute Gasteiger partial charge is 0.452 e. The summed E-state index contributed by atoms with van der Waals surface area (Å²) in [6.07, 6.45) is 1.25. The molecule has 0 aliphatic rings. The number of aryl methyl sites for hydroxylation is 2. The minimum atomic E-state index is -0.924. The zero-order valence-electron chi connectivity index (χ0n) is 16.4. The van der Waals surface area contributed by atoms with Gasteiger partial charge in [-0.25, -0.2) is 0 Å². The molecule has 0 spiro atoms. The second-order valence-electron chi connectivity index (χ2n) is 6.67. The van der Waals surface area contributed by atoms with Gasteiger partial charge in [-0.2, -0.15) is 5.10 Å². The molecule has 2 aromatic carbocycles. The molecule has 0 aliphatic carbocycles. The second kappa shape index (κ2) is 9.14. The van der Waals surface area contributed by atoms with Crippen molar-refractivity contribution in [2.45, 2.75) is 39.3 Å². The summed E-state index contributed by atoms with van der Waals surface area (Å²) in [4.78, 5) is 36.3. The van der Waals surface area contributed by atoms with Crippen LogP contribution in [0.4, 0.5) is 5.69 Å². The van der Waals surface area contributed by atoms with E-state index in [-0.39, 0.29) is 18.4 Å². The fourth-order valence-electron chi connectivity index (χ4n) is 2.91. The molecule has 0 bridgehead atoms. The number of benzene rings is 2. The van der Waals surface area contributed by atoms with Crippen LogP contribution in [-0.2, 0) is 27.3 Å². The maximum Gasteiger partial charge on any atom is 0.308 e. The van der Waals surface area contributed by atoms with Crippen molar-refractivity contribution in [1.29, 1.82) is 0 Å². The Kier molecular flexibility index (Phi) is 6.39. The smallest absolute Gasteiger partial charge is 0.308 e. The van der Waals surface area contributed by atoms with Gasteiger partial charge in [-0.15, -0.1) is 0 Å². The van der Waals surface area contributed by atoms with E-state index in [1.54, 1.807) is 28.9 Å². The molecule has 3 aromatic rings. The topological polar surface area (TPSA) is 90.3 Å². The Morgan fingerprint density at radius 1 is 1.14 bits per heavy atom. The second-order valence-corrected chi connectivity index (χ2v) is 6.67. The average molecular weight is 393 g/mol. The predicted octanol–water partition coefficient (Wildman–Crippen LogP) is 2.92. The summed E-state index contributed by atoms with van der Waals surface area (Å²) in [6, 6.07) is 14.6. The summed E-state index contributed by atoms with van der Waals surface area (Å²) in [6.45, 7) is 3.83. The van der Waals surface area contributed by atoms with Gasteiger partial charge in [-0.1, -0.05) is 31.2 Å². The highest BCUT2D eigenvalue weighted by atomic mass is 16.5. The number of carbonyl (C=O) groups is 2. The van der Waals surface area contributed by atoms with Gasteiger partial charge >= 0.3 is 5.97 Å². The Balaban J connectivity index is 1.55. The molecule has 0 aliphatic heterocycles. The summed E-state index contributed by atoms with van der Waals surface area (Å²) in [5, 5.41) is 7.35. The van der Waals surface area contributed by atoms with Gasteiger partial charge in [0.1, 0.15) is 0 Å². The molecule has 1 amide bonds. The molecule has 150 valence electrons. The van der Waals surface area contributed by atoms with Gasteiger partial charge in [-0.05, 0) is 43.2 Å². The fourth-order valence-corrected chi connectivity index (χ4v) is 2.91. The summed E-state index contributed by atoms with van der Waals surface area (Å²) in [7, 11) is 0. The fraction of sp³-hybridized carbons (Fsp3) is 0.273. The van der Waals surface area contributed by atoms with Gasteiger partial charge in [0.15, 0.2) is 6.10 Å². The van der Waals surface area contributed by atoms with Crippen molar-refractivity contribution >= 4 is 28.5 Å². The van der Waals surface area contributed by atoms with Crippen LogP contribution in [0.15, 0.2) is 59.5 Å². The molecule has 0 saturated heterocycles. The summed E-state index contributed by atoms with van der Waals surface area (Å²) >= 11 is 0. The standard InChI is InChI=1S/C22H23N3O4/c1-3-16-8-10-17(11-9-16)24-22(28)15(2)29-21(27)12-13-25-19-7-5-4-6-18(19)20(26)14-23-25/h4-11,14-15H,3,12-13H2,1-2H3,(H,24,28). The van der Waals surface area contributed by atoms with Crippen LogP contribution < -0.4 is 10.7 Å². The van der Waals surface area contributed by atoms with Gasteiger partial charge in [0.2, 0.25) is 5.43 Å². The molecule has 1 N–H and O–H groups in total. The minimum Gasteiger partial charge on any atom is -0.452 e. The normalized spacial score (nSPS) is 11.8. The number of ether oxygens (including phenoxy) is 1. The van der Waals surface area contributed by atoms with Gasteiger partial charge < -0.3 is 10.1 Å². The van der Waals surface area contributed by atoms with E-state index in [1.165, 1.54) is 18.7 Å². The number of amides is 1. The average Bonchev–Trinajstić information content (AvgIpc) is 2.74. The van der Waals surface area contributed by atoms with Crippen LogP contribution in [0.1, 0.15) is 25.8 Å². The highest BCUT2D eigenvalue weighted by molar-refractivity contribution is 5.95. The number of carbonyl (C=O) groups excluding carboxylic acids is 2. The Labute approximate surface area is 168 Å². The molecule has 1 heterocycles. The number of anilines is 1. The monoisotopic (exact) mass is 393 g/mol. The zero-order valence-corrected chi connectivity index (χ0v) is 16.4. The van der Waals surface area contributed by atoms with E-state index < -0.39 is 18.0 Å². The Hall–Kier alpha value is -3.48. The van der Waals surface area contributed by atoms with Gasteiger partial charge in [-0.3, -0.25) is 19.1 Å². The number of hydrogen-bond acceptors (Lipinski definition) is 5. The lowest BCUT2D eigenvalue weighted by Crippen LogP contribution is -2.30. The van der Waals surface area contributed by atoms with E-state index >= 15 is 0 Å². The molecular weight excluding hydrogens is 370 g/mol. The first-order valence-electron chi connectivity index (χ1n) is 9.52. The van der Waals surface area contributed by atoms with Crippen LogP contribution in [0.25, 0.3) is 10.9 Å². The van der Waals surface area contributed by atoms with Gasteiger partial charge in [0.25, 0.3) is 5.91 Å². The highest BCUT2D eigenvalue weighted by Gasteiger charge is 2.18. The van der Waals surface area contributed by atoms with Gasteiger partial charge in [0.05, 0.1) is 24.7 Å². The first-order chi connectivity index (χ1) is 14.0. The molecule has 0 radical (unpaired) electrons. The van der Waals surface area contributed by atoms with Crippen LogP contribution in [0.3, 0.4) is 0 Å². The summed E-state index contributed by atoms with van der Waals surface area (Å²) in [5.41, 5.74) is 2.30. The Bertz CT molecular complexity index is 1070. The number of para-hydroxylation sites is 1. The van der Waals surface area contributed by atoms with Crippen LogP contribution in [-0.4, -0.2) is 27.8 Å². The van der Waals surface area contributed by atoms with Gasteiger partial charge in [0, 0.05) is 11.1 Å². The van der Waals surface area contributed by atoms with E-state index in [4.69, 9.17) is 4.74 Å². The molecule has 1 atom stereocenters. The van der Waals surface area contributed by atoms with E-state index in [0.717, 1.165) is 6.42 Å². The molecule has 7 heteroatoms. The van der Waals surface area contributed by atoms with Crippen molar-refractivity contribution in [3.8, 4) is 0 Å². The van der Waals surface area contributed by atoms with Crippen molar-refractivity contribution in [2.75, 3.05) is 5.32 Å². The summed E-state index contributed by atoms with van der Waals surface area (Å²) in [5.74, 6) is -0.909. The number of fused-ring (bicyclic) bond motifs is 1. The van der Waals surface area contributed by atoms with E-state index in [0.29, 0.717) is 16.6 Å². The van der Waals surface area contributed by atoms with Crippen molar-refractivity contribution in [2.24, 2.45) is 0 Å². The first kappa shape index (κ1) is 20.3. The molecule has 7 nitrogen and oxygen atoms in total. The molecule has 1 unspecified atom stereocenters.